The lowest BCUT2D eigenvalue weighted by atomic mass is 10.1. The Bertz CT molecular complexity index is 862. The molecule has 3 nitrogen and oxygen atoms in total. The molecular weight excluding hydrogens is 351 g/mol. The first-order chi connectivity index (χ1) is 12.6. The number of rotatable bonds is 6. The highest BCUT2D eigenvalue weighted by Gasteiger charge is 2.04. The molecule has 0 atom stereocenters. The standard InChI is InChI=1S/C21H18ClFN2O/c22-17-5-1-15(2-6-17)13-21(26)25-20-11-9-19(10-12-20)24-14-16-3-7-18(23)8-4-16/h1-12,24H,13-14H2,(H,25,26). The zero-order valence-corrected chi connectivity index (χ0v) is 14.8. The summed E-state index contributed by atoms with van der Waals surface area (Å²) < 4.78 is 12.9. The summed E-state index contributed by atoms with van der Waals surface area (Å²) >= 11 is 5.84. The molecule has 1 amide bonds. The largest absolute Gasteiger partial charge is 0.381 e. The first kappa shape index (κ1) is 18.0. The van der Waals surface area contributed by atoms with Gasteiger partial charge in [0.05, 0.1) is 6.42 Å². The normalized spacial score (nSPS) is 10.4. The minimum Gasteiger partial charge on any atom is -0.381 e. The molecule has 0 heterocycles. The molecule has 0 fully saturated rings. The van der Waals surface area contributed by atoms with Crippen LogP contribution < -0.4 is 10.6 Å². The van der Waals surface area contributed by atoms with Gasteiger partial charge in [-0.15, -0.1) is 0 Å². The third kappa shape index (κ3) is 5.33. The number of carbonyl (C=O) groups is 1. The van der Waals surface area contributed by atoms with Crippen LogP contribution in [-0.2, 0) is 17.8 Å². The lowest BCUT2D eigenvalue weighted by Gasteiger charge is -2.09. The van der Waals surface area contributed by atoms with Crippen LogP contribution in [0.1, 0.15) is 11.1 Å². The van der Waals surface area contributed by atoms with Crippen molar-refractivity contribution in [3.05, 3.63) is 94.8 Å². The van der Waals surface area contributed by atoms with E-state index in [-0.39, 0.29) is 11.7 Å². The summed E-state index contributed by atoms with van der Waals surface area (Å²) in [5.41, 5.74) is 3.55. The van der Waals surface area contributed by atoms with Gasteiger partial charge in [-0.1, -0.05) is 35.9 Å². The SMILES string of the molecule is O=C(Cc1ccc(Cl)cc1)Nc1ccc(NCc2ccc(F)cc2)cc1. The molecule has 132 valence electrons. The number of benzene rings is 3. The van der Waals surface area contributed by atoms with Gasteiger partial charge in [0.2, 0.25) is 5.91 Å². The Kier molecular flexibility index (Phi) is 5.87. The van der Waals surface area contributed by atoms with E-state index in [0.717, 1.165) is 22.5 Å². The van der Waals surface area contributed by atoms with Crippen LogP contribution in [0, 0.1) is 5.82 Å². The fourth-order valence-electron chi connectivity index (χ4n) is 2.47. The lowest BCUT2D eigenvalue weighted by molar-refractivity contribution is -0.115. The summed E-state index contributed by atoms with van der Waals surface area (Å²) in [4.78, 5) is 12.1. The predicted octanol–water partition coefficient (Wildman–Crippen LogP) is 5.27. The number of hydrogen-bond acceptors (Lipinski definition) is 2. The van der Waals surface area contributed by atoms with Gasteiger partial charge in [-0.2, -0.15) is 0 Å². The van der Waals surface area contributed by atoms with E-state index in [1.54, 1.807) is 24.3 Å². The second-order valence-corrected chi connectivity index (χ2v) is 6.35. The van der Waals surface area contributed by atoms with Gasteiger partial charge in [-0.05, 0) is 59.7 Å². The fraction of sp³-hybridized carbons (Fsp3) is 0.0952. The van der Waals surface area contributed by atoms with Gasteiger partial charge < -0.3 is 10.6 Å². The lowest BCUT2D eigenvalue weighted by Crippen LogP contribution is -2.14. The van der Waals surface area contributed by atoms with Crippen molar-refractivity contribution in [1.82, 2.24) is 0 Å². The molecule has 0 radical (unpaired) electrons. The van der Waals surface area contributed by atoms with Crippen LogP contribution in [0.3, 0.4) is 0 Å². The third-order valence-electron chi connectivity index (χ3n) is 3.86. The number of amides is 1. The number of carbonyl (C=O) groups excluding carboxylic acids is 1. The first-order valence-electron chi connectivity index (χ1n) is 8.21. The van der Waals surface area contributed by atoms with E-state index in [1.165, 1.54) is 12.1 Å². The summed E-state index contributed by atoms with van der Waals surface area (Å²) in [6, 6.07) is 21.0. The van der Waals surface area contributed by atoms with Crippen LogP contribution in [0.25, 0.3) is 0 Å². The van der Waals surface area contributed by atoms with Crippen molar-refractivity contribution in [3.63, 3.8) is 0 Å². The molecule has 0 aromatic heterocycles. The van der Waals surface area contributed by atoms with Gasteiger partial charge in [0.15, 0.2) is 0 Å². The minimum absolute atomic E-state index is 0.0839. The predicted molar refractivity (Wildman–Crippen MR) is 104 cm³/mol. The van der Waals surface area contributed by atoms with E-state index >= 15 is 0 Å². The number of nitrogens with one attached hydrogen (secondary N) is 2. The van der Waals surface area contributed by atoms with E-state index < -0.39 is 0 Å². The second-order valence-electron chi connectivity index (χ2n) is 5.91. The van der Waals surface area contributed by atoms with Crippen LogP contribution in [0.2, 0.25) is 5.02 Å². The van der Waals surface area contributed by atoms with Crippen LogP contribution >= 0.6 is 11.6 Å². The van der Waals surface area contributed by atoms with Crippen molar-refractivity contribution < 1.29 is 9.18 Å². The number of halogens is 2. The Morgan fingerprint density at radius 1 is 0.808 bits per heavy atom. The Balaban J connectivity index is 1.51. The van der Waals surface area contributed by atoms with E-state index in [4.69, 9.17) is 11.6 Å². The number of hydrogen-bond donors (Lipinski definition) is 2. The molecule has 0 spiro atoms. The summed E-state index contributed by atoms with van der Waals surface area (Å²) in [6.45, 7) is 0.600. The van der Waals surface area contributed by atoms with Gasteiger partial charge in [0.25, 0.3) is 0 Å². The summed E-state index contributed by atoms with van der Waals surface area (Å²) in [5, 5.41) is 6.78. The van der Waals surface area contributed by atoms with Crippen LogP contribution in [0.5, 0.6) is 0 Å². The fourth-order valence-corrected chi connectivity index (χ4v) is 2.60. The molecule has 0 unspecified atom stereocenters. The van der Waals surface area contributed by atoms with Crippen LogP contribution in [0.4, 0.5) is 15.8 Å². The molecular formula is C21H18ClFN2O. The quantitative estimate of drug-likeness (QED) is 0.622. The molecule has 3 aromatic carbocycles. The van der Waals surface area contributed by atoms with Gasteiger partial charge in [-0.25, -0.2) is 4.39 Å². The van der Waals surface area contributed by atoms with Crippen LogP contribution in [0.15, 0.2) is 72.8 Å². The highest BCUT2D eigenvalue weighted by atomic mass is 35.5. The van der Waals surface area contributed by atoms with Gasteiger partial charge >= 0.3 is 0 Å². The van der Waals surface area contributed by atoms with E-state index in [9.17, 15) is 9.18 Å². The third-order valence-corrected chi connectivity index (χ3v) is 4.11. The summed E-state index contributed by atoms with van der Waals surface area (Å²) in [6.07, 6.45) is 0.293. The molecule has 5 heteroatoms. The molecule has 0 aliphatic rings. The van der Waals surface area contributed by atoms with E-state index in [2.05, 4.69) is 10.6 Å². The van der Waals surface area contributed by atoms with Gasteiger partial charge in [-0.3, -0.25) is 4.79 Å². The highest BCUT2D eigenvalue weighted by molar-refractivity contribution is 6.30. The van der Waals surface area contributed by atoms with Crippen molar-refractivity contribution in [2.24, 2.45) is 0 Å². The van der Waals surface area contributed by atoms with Crippen molar-refractivity contribution in [3.8, 4) is 0 Å². The molecule has 3 rings (SSSR count). The molecule has 0 aliphatic carbocycles. The number of anilines is 2. The minimum atomic E-state index is -0.243. The van der Waals surface area contributed by atoms with Gasteiger partial charge in [0, 0.05) is 22.9 Å². The molecule has 0 bridgehead atoms. The zero-order chi connectivity index (χ0) is 18.4. The van der Waals surface area contributed by atoms with Crippen LogP contribution in [-0.4, -0.2) is 5.91 Å². The first-order valence-corrected chi connectivity index (χ1v) is 8.59. The highest BCUT2D eigenvalue weighted by Crippen LogP contribution is 2.16. The second kappa shape index (κ2) is 8.50. The Morgan fingerprint density at radius 3 is 2.04 bits per heavy atom. The molecule has 26 heavy (non-hydrogen) atoms. The molecule has 0 saturated carbocycles. The van der Waals surface area contributed by atoms with Crippen molar-refractivity contribution >= 4 is 28.9 Å². The average Bonchev–Trinajstić information content (AvgIpc) is 2.64. The maximum Gasteiger partial charge on any atom is 0.228 e. The maximum atomic E-state index is 12.9. The summed E-state index contributed by atoms with van der Waals surface area (Å²) in [5.74, 6) is -0.327. The molecule has 3 aromatic rings. The molecule has 2 N–H and O–H groups in total. The Hall–Kier alpha value is -2.85. The van der Waals surface area contributed by atoms with E-state index in [0.29, 0.717) is 18.0 Å². The average molecular weight is 369 g/mol. The maximum absolute atomic E-state index is 12.9. The Morgan fingerprint density at radius 2 is 1.38 bits per heavy atom. The zero-order valence-electron chi connectivity index (χ0n) is 14.0. The Labute approximate surface area is 156 Å². The molecule has 0 aliphatic heterocycles. The van der Waals surface area contributed by atoms with Crippen molar-refractivity contribution in [2.75, 3.05) is 10.6 Å². The molecule has 0 saturated heterocycles. The van der Waals surface area contributed by atoms with Crippen molar-refractivity contribution in [1.29, 1.82) is 0 Å². The summed E-state index contributed by atoms with van der Waals surface area (Å²) in [7, 11) is 0. The van der Waals surface area contributed by atoms with Crippen molar-refractivity contribution in [2.45, 2.75) is 13.0 Å². The topological polar surface area (TPSA) is 41.1 Å². The smallest absolute Gasteiger partial charge is 0.228 e. The van der Waals surface area contributed by atoms with Gasteiger partial charge in [0.1, 0.15) is 5.82 Å². The monoisotopic (exact) mass is 368 g/mol. The van der Waals surface area contributed by atoms with E-state index in [1.807, 2.05) is 36.4 Å².